The van der Waals surface area contributed by atoms with E-state index in [0.717, 1.165) is 26.1 Å². The van der Waals surface area contributed by atoms with E-state index in [2.05, 4.69) is 36.3 Å². The zero-order valence-electron chi connectivity index (χ0n) is 12.2. The van der Waals surface area contributed by atoms with Crippen molar-refractivity contribution in [2.24, 2.45) is 0 Å². The molecule has 1 saturated heterocycles. The number of piperidine rings is 1. The van der Waals surface area contributed by atoms with Crippen molar-refractivity contribution in [1.82, 2.24) is 15.5 Å². The highest BCUT2D eigenvalue weighted by Crippen LogP contribution is 2.10. The molecule has 0 spiro atoms. The van der Waals surface area contributed by atoms with Crippen LogP contribution in [0, 0.1) is 0 Å². The van der Waals surface area contributed by atoms with Gasteiger partial charge in [0, 0.05) is 25.2 Å². The number of hydrogen-bond acceptors (Lipinski definition) is 3. The van der Waals surface area contributed by atoms with Gasteiger partial charge in [-0.05, 0) is 39.7 Å². The summed E-state index contributed by atoms with van der Waals surface area (Å²) in [5.74, 6) is 0.154. The predicted octanol–water partition coefficient (Wildman–Crippen LogP) is 1.37. The van der Waals surface area contributed by atoms with Crippen LogP contribution in [0.3, 0.4) is 0 Å². The minimum atomic E-state index is 0.154. The van der Waals surface area contributed by atoms with Gasteiger partial charge >= 0.3 is 0 Å². The number of nitrogens with one attached hydrogen (secondary N) is 2. The van der Waals surface area contributed by atoms with Crippen LogP contribution in [-0.4, -0.2) is 49.1 Å². The Kier molecular flexibility index (Phi) is 7.28. The summed E-state index contributed by atoms with van der Waals surface area (Å²) in [4.78, 5) is 14.1. The van der Waals surface area contributed by atoms with Crippen LogP contribution in [0.15, 0.2) is 0 Å². The van der Waals surface area contributed by atoms with Crippen molar-refractivity contribution in [3.8, 4) is 0 Å². The molecule has 0 saturated carbocycles. The number of hydrogen-bond donors (Lipinski definition) is 2. The summed E-state index contributed by atoms with van der Waals surface area (Å²) in [6, 6.07) is 0.973. The molecule has 1 rings (SSSR count). The predicted molar refractivity (Wildman–Crippen MR) is 75.7 cm³/mol. The van der Waals surface area contributed by atoms with Crippen molar-refractivity contribution < 1.29 is 4.79 Å². The molecule has 4 heteroatoms. The first-order valence-corrected chi connectivity index (χ1v) is 7.37. The van der Waals surface area contributed by atoms with Crippen LogP contribution < -0.4 is 10.6 Å². The summed E-state index contributed by atoms with van der Waals surface area (Å²) in [5, 5.41) is 6.50. The first-order chi connectivity index (χ1) is 8.63. The van der Waals surface area contributed by atoms with Gasteiger partial charge in [0.1, 0.15) is 0 Å². The van der Waals surface area contributed by atoms with Crippen molar-refractivity contribution in [1.29, 1.82) is 0 Å². The maximum absolute atomic E-state index is 11.8. The molecule has 1 heterocycles. The molecule has 1 unspecified atom stereocenters. The number of nitrogens with zero attached hydrogens (tertiary/aromatic N) is 1. The fourth-order valence-corrected chi connectivity index (χ4v) is 2.33. The summed E-state index contributed by atoms with van der Waals surface area (Å²) in [7, 11) is 0. The Morgan fingerprint density at radius 3 is 2.78 bits per heavy atom. The van der Waals surface area contributed by atoms with Crippen LogP contribution in [-0.2, 0) is 4.79 Å². The molecule has 1 aliphatic heterocycles. The van der Waals surface area contributed by atoms with E-state index in [1.54, 1.807) is 0 Å². The largest absolute Gasteiger partial charge is 0.355 e. The minimum absolute atomic E-state index is 0.154. The molecule has 0 aromatic rings. The van der Waals surface area contributed by atoms with E-state index < -0.39 is 0 Å². The lowest BCUT2D eigenvalue weighted by atomic mass is 10.0. The third-order valence-corrected chi connectivity index (χ3v) is 3.52. The second-order valence-electron chi connectivity index (χ2n) is 5.52. The summed E-state index contributed by atoms with van der Waals surface area (Å²) < 4.78 is 0. The van der Waals surface area contributed by atoms with E-state index in [9.17, 15) is 4.79 Å². The normalized spacial score (nSPS) is 20.4. The van der Waals surface area contributed by atoms with Crippen molar-refractivity contribution >= 4 is 5.91 Å². The van der Waals surface area contributed by atoms with Crippen LogP contribution in [0.2, 0.25) is 0 Å². The Labute approximate surface area is 111 Å². The van der Waals surface area contributed by atoms with Gasteiger partial charge in [-0.25, -0.2) is 0 Å². The Balaban J connectivity index is 2.36. The van der Waals surface area contributed by atoms with Crippen molar-refractivity contribution in [3.05, 3.63) is 0 Å². The lowest BCUT2D eigenvalue weighted by Crippen LogP contribution is -2.49. The van der Waals surface area contributed by atoms with Crippen molar-refractivity contribution in [3.63, 3.8) is 0 Å². The Morgan fingerprint density at radius 1 is 1.44 bits per heavy atom. The molecule has 18 heavy (non-hydrogen) atoms. The van der Waals surface area contributed by atoms with Gasteiger partial charge in [0.25, 0.3) is 0 Å². The van der Waals surface area contributed by atoms with Crippen molar-refractivity contribution in [2.75, 3.05) is 26.2 Å². The number of carbonyl (C=O) groups excluding carboxylic acids is 1. The Morgan fingerprint density at radius 2 is 2.22 bits per heavy atom. The average Bonchev–Trinajstić information content (AvgIpc) is 2.36. The molecule has 1 fully saturated rings. The van der Waals surface area contributed by atoms with Gasteiger partial charge in [0.15, 0.2) is 0 Å². The van der Waals surface area contributed by atoms with Crippen LogP contribution in [0.25, 0.3) is 0 Å². The fourth-order valence-electron chi connectivity index (χ4n) is 2.33. The van der Waals surface area contributed by atoms with Gasteiger partial charge in [-0.15, -0.1) is 0 Å². The zero-order chi connectivity index (χ0) is 13.4. The van der Waals surface area contributed by atoms with E-state index in [4.69, 9.17) is 0 Å². The van der Waals surface area contributed by atoms with Gasteiger partial charge < -0.3 is 10.6 Å². The number of amides is 1. The van der Waals surface area contributed by atoms with Crippen molar-refractivity contribution in [2.45, 2.75) is 58.5 Å². The molecule has 0 aromatic carbocycles. The third-order valence-electron chi connectivity index (χ3n) is 3.52. The monoisotopic (exact) mass is 255 g/mol. The lowest BCUT2D eigenvalue weighted by Gasteiger charge is -2.32. The van der Waals surface area contributed by atoms with Gasteiger partial charge in [0.05, 0.1) is 6.54 Å². The second kappa shape index (κ2) is 8.48. The summed E-state index contributed by atoms with van der Waals surface area (Å²) in [5.41, 5.74) is 0. The highest BCUT2D eigenvalue weighted by atomic mass is 16.2. The number of rotatable bonds is 7. The van der Waals surface area contributed by atoms with Gasteiger partial charge in [-0.2, -0.15) is 0 Å². The van der Waals surface area contributed by atoms with Gasteiger partial charge in [-0.3, -0.25) is 9.69 Å². The molecule has 106 valence electrons. The van der Waals surface area contributed by atoms with Gasteiger partial charge in [0.2, 0.25) is 5.91 Å². The molecule has 0 radical (unpaired) electrons. The smallest absolute Gasteiger partial charge is 0.234 e. The molecule has 0 aliphatic carbocycles. The highest BCUT2D eigenvalue weighted by Gasteiger charge is 2.20. The number of carbonyl (C=O) groups is 1. The minimum Gasteiger partial charge on any atom is -0.355 e. The molecular weight excluding hydrogens is 226 g/mol. The quantitative estimate of drug-likeness (QED) is 0.722. The molecule has 2 N–H and O–H groups in total. The summed E-state index contributed by atoms with van der Waals surface area (Å²) in [6.07, 6.45) is 4.83. The molecule has 0 aromatic heterocycles. The zero-order valence-corrected chi connectivity index (χ0v) is 12.2. The second-order valence-corrected chi connectivity index (χ2v) is 5.52. The van der Waals surface area contributed by atoms with E-state index >= 15 is 0 Å². The third kappa shape index (κ3) is 5.83. The van der Waals surface area contributed by atoms with E-state index in [1.165, 1.54) is 19.3 Å². The topological polar surface area (TPSA) is 44.4 Å². The van der Waals surface area contributed by atoms with Crippen LogP contribution >= 0.6 is 0 Å². The molecule has 1 atom stereocenters. The molecular formula is C14H29N3O. The molecule has 1 aliphatic rings. The van der Waals surface area contributed by atoms with E-state index in [1.807, 2.05) is 0 Å². The average molecular weight is 255 g/mol. The summed E-state index contributed by atoms with van der Waals surface area (Å²) in [6.45, 7) is 9.82. The maximum Gasteiger partial charge on any atom is 0.234 e. The first-order valence-electron chi connectivity index (χ1n) is 7.37. The van der Waals surface area contributed by atoms with Gasteiger partial charge in [-0.1, -0.05) is 13.3 Å². The van der Waals surface area contributed by atoms with E-state index in [-0.39, 0.29) is 5.91 Å². The maximum atomic E-state index is 11.8. The Hall–Kier alpha value is -0.610. The first kappa shape index (κ1) is 15.4. The van der Waals surface area contributed by atoms with Crippen LogP contribution in [0.4, 0.5) is 0 Å². The Bertz CT molecular complexity index is 237. The molecule has 4 nitrogen and oxygen atoms in total. The highest BCUT2D eigenvalue weighted by molar-refractivity contribution is 5.78. The van der Waals surface area contributed by atoms with Crippen LogP contribution in [0.5, 0.6) is 0 Å². The fraction of sp³-hybridized carbons (Fsp3) is 0.929. The standard InChI is InChI=1S/C14H29N3O/c1-4-8-16-14(18)11-17(12(2)3)10-13-7-5-6-9-15-13/h12-13,15H,4-11H2,1-3H3,(H,16,18). The molecule has 1 amide bonds. The SMILES string of the molecule is CCCNC(=O)CN(CC1CCCCN1)C(C)C. The molecule has 0 bridgehead atoms. The summed E-state index contributed by atoms with van der Waals surface area (Å²) >= 11 is 0. The van der Waals surface area contributed by atoms with Crippen LogP contribution in [0.1, 0.15) is 46.5 Å². The van der Waals surface area contributed by atoms with E-state index in [0.29, 0.717) is 18.6 Å². The lowest BCUT2D eigenvalue weighted by molar-refractivity contribution is -0.122.